The van der Waals surface area contributed by atoms with E-state index < -0.39 is 0 Å². The molecule has 0 aromatic heterocycles. The van der Waals surface area contributed by atoms with Gasteiger partial charge in [0.2, 0.25) is 0 Å². The van der Waals surface area contributed by atoms with Gasteiger partial charge in [-0.3, -0.25) is 0 Å². The van der Waals surface area contributed by atoms with Crippen LogP contribution in [0.4, 0.5) is 0 Å². The topological polar surface area (TPSA) is 29.3 Å². The minimum absolute atomic E-state index is 0.671. The van der Waals surface area contributed by atoms with Crippen LogP contribution in [0.2, 0.25) is 0 Å². The predicted octanol–water partition coefficient (Wildman–Crippen LogP) is 3.37. The lowest BCUT2D eigenvalue weighted by Crippen LogP contribution is -2.36. The van der Waals surface area contributed by atoms with Gasteiger partial charge in [0.1, 0.15) is 0 Å². The van der Waals surface area contributed by atoms with Crippen LogP contribution >= 0.6 is 0 Å². The highest BCUT2D eigenvalue weighted by Gasteiger charge is 2.15. The molecule has 1 unspecified atom stereocenters. The summed E-state index contributed by atoms with van der Waals surface area (Å²) in [6, 6.07) is 0. The Kier molecular flexibility index (Phi) is 9.85. The highest BCUT2D eigenvalue weighted by atomic mass is 15.1. The van der Waals surface area contributed by atoms with Gasteiger partial charge in [0.25, 0.3) is 0 Å². The van der Waals surface area contributed by atoms with Gasteiger partial charge in [0.05, 0.1) is 0 Å². The van der Waals surface area contributed by atoms with E-state index in [0.717, 1.165) is 24.9 Å². The fourth-order valence-corrected chi connectivity index (χ4v) is 2.52. The maximum atomic E-state index is 5.89. The van der Waals surface area contributed by atoms with Gasteiger partial charge in [-0.05, 0) is 37.3 Å². The van der Waals surface area contributed by atoms with Crippen LogP contribution in [-0.4, -0.2) is 31.1 Å². The maximum Gasteiger partial charge on any atom is 0.00218 e. The first kappa shape index (κ1) is 16.9. The minimum atomic E-state index is 0.671. The molecule has 1 atom stereocenters. The van der Waals surface area contributed by atoms with E-state index in [1.165, 1.54) is 32.4 Å². The van der Waals surface area contributed by atoms with Crippen LogP contribution in [0.3, 0.4) is 0 Å². The Morgan fingerprint density at radius 2 is 1.47 bits per heavy atom. The van der Waals surface area contributed by atoms with Crippen molar-refractivity contribution in [2.45, 2.75) is 53.9 Å². The highest BCUT2D eigenvalue weighted by Crippen LogP contribution is 2.15. The molecular weight excluding hydrogens is 208 g/mol. The Hall–Kier alpha value is -0.0800. The molecule has 2 heteroatoms. The number of hydrogen-bond acceptors (Lipinski definition) is 2. The number of nitrogens with zero attached hydrogens (tertiary/aromatic N) is 1. The van der Waals surface area contributed by atoms with Crippen molar-refractivity contribution in [1.82, 2.24) is 4.90 Å². The molecule has 0 aliphatic rings. The molecule has 0 aromatic carbocycles. The molecular formula is C15H34N2. The summed E-state index contributed by atoms with van der Waals surface area (Å²) in [4.78, 5) is 2.59. The van der Waals surface area contributed by atoms with E-state index in [4.69, 9.17) is 5.73 Å². The van der Waals surface area contributed by atoms with E-state index in [-0.39, 0.29) is 0 Å². The van der Waals surface area contributed by atoms with Crippen LogP contribution < -0.4 is 5.73 Å². The van der Waals surface area contributed by atoms with Gasteiger partial charge in [-0.15, -0.1) is 0 Å². The predicted molar refractivity (Wildman–Crippen MR) is 78.2 cm³/mol. The summed E-state index contributed by atoms with van der Waals surface area (Å²) in [6.45, 7) is 15.9. The van der Waals surface area contributed by atoms with Crippen molar-refractivity contribution in [3.8, 4) is 0 Å². The molecule has 0 bridgehead atoms. The molecule has 0 saturated heterocycles. The van der Waals surface area contributed by atoms with Crippen molar-refractivity contribution in [3.63, 3.8) is 0 Å². The molecule has 0 heterocycles. The average Bonchev–Trinajstić information content (AvgIpc) is 2.32. The van der Waals surface area contributed by atoms with Crippen molar-refractivity contribution in [2.24, 2.45) is 23.5 Å². The fraction of sp³-hybridized carbons (Fsp3) is 1.00. The zero-order valence-electron chi connectivity index (χ0n) is 12.7. The fourth-order valence-electron chi connectivity index (χ4n) is 2.52. The molecule has 0 aliphatic carbocycles. The van der Waals surface area contributed by atoms with E-state index >= 15 is 0 Å². The van der Waals surface area contributed by atoms with Crippen molar-refractivity contribution < 1.29 is 0 Å². The summed E-state index contributed by atoms with van der Waals surface area (Å²) >= 11 is 0. The van der Waals surface area contributed by atoms with Crippen molar-refractivity contribution in [1.29, 1.82) is 0 Å². The van der Waals surface area contributed by atoms with Crippen LogP contribution in [0.1, 0.15) is 53.9 Å². The second-order valence-electron chi connectivity index (χ2n) is 5.77. The summed E-state index contributed by atoms with van der Waals surface area (Å²) in [5.74, 6) is 2.28. The molecule has 2 N–H and O–H groups in total. The summed E-state index contributed by atoms with van der Waals surface area (Å²) in [5, 5.41) is 0. The Bertz CT molecular complexity index is 164. The molecule has 0 radical (unpaired) electrons. The molecule has 0 aromatic rings. The monoisotopic (exact) mass is 242 g/mol. The van der Waals surface area contributed by atoms with Crippen LogP contribution in [0.25, 0.3) is 0 Å². The molecule has 0 fully saturated rings. The summed E-state index contributed by atoms with van der Waals surface area (Å²) in [6.07, 6.45) is 3.85. The zero-order chi connectivity index (χ0) is 13.3. The first-order valence-electron chi connectivity index (χ1n) is 7.49. The molecule has 0 spiro atoms. The van der Waals surface area contributed by atoms with Gasteiger partial charge >= 0.3 is 0 Å². The number of hydrogen-bond donors (Lipinski definition) is 1. The third kappa shape index (κ3) is 7.77. The first-order valence-corrected chi connectivity index (χ1v) is 7.49. The van der Waals surface area contributed by atoms with Gasteiger partial charge in [-0.25, -0.2) is 0 Å². The number of rotatable bonds is 10. The van der Waals surface area contributed by atoms with Crippen molar-refractivity contribution >= 4 is 0 Å². The molecule has 0 saturated carbocycles. The largest absolute Gasteiger partial charge is 0.330 e. The zero-order valence-corrected chi connectivity index (χ0v) is 12.7. The third-order valence-electron chi connectivity index (χ3n) is 3.77. The molecule has 0 rings (SSSR count). The van der Waals surface area contributed by atoms with Crippen LogP contribution in [0, 0.1) is 17.8 Å². The molecule has 0 aliphatic heterocycles. The average molecular weight is 242 g/mol. The Morgan fingerprint density at radius 3 is 1.82 bits per heavy atom. The SMILES string of the molecule is CCC(CC)CN(CC)CC(CN)CC(C)C. The van der Waals surface area contributed by atoms with Gasteiger partial charge in [-0.2, -0.15) is 0 Å². The van der Waals surface area contributed by atoms with E-state index in [1.54, 1.807) is 0 Å². The smallest absolute Gasteiger partial charge is 0.00218 e. The Balaban J connectivity index is 4.16. The van der Waals surface area contributed by atoms with Gasteiger partial charge < -0.3 is 10.6 Å². The van der Waals surface area contributed by atoms with Gasteiger partial charge in [-0.1, -0.05) is 47.5 Å². The molecule has 2 nitrogen and oxygen atoms in total. The Labute approximate surface area is 109 Å². The summed E-state index contributed by atoms with van der Waals surface area (Å²) in [5.41, 5.74) is 5.89. The first-order chi connectivity index (χ1) is 8.07. The molecule has 104 valence electrons. The van der Waals surface area contributed by atoms with Gasteiger partial charge in [0, 0.05) is 13.1 Å². The van der Waals surface area contributed by atoms with E-state index in [1.807, 2.05) is 0 Å². The lowest BCUT2D eigenvalue weighted by Gasteiger charge is -2.29. The lowest BCUT2D eigenvalue weighted by molar-refractivity contribution is 0.192. The van der Waals surface area contributed by atoms with Crippen LogP contribution in [0.15, 0.2) is 0 Å². The van der Waals surface area contributed by atoms with Gasteiger partial charge in [0.15, 0.2) is 0 Å². The second kappa shape index (κ2) is 9.90. The quantitative estimate of drug-likeness (QED) is 0.636. The molecule has 0 amide bonds. The van der Waals surface area contributed by atoms with Crippen molar-refractivity contribution in [3.05, 3.63) is 0 Å². The third-order valence-corrected chi connectivity index (χ3v) is 3.77. The maximum absolute atomic E-state index is 5.89. The summed E-state index contributed by atoms with van der Waals surface area (Å²) in [7, 11) is 0. The Morgan fingerprint density at radius 1 is 0.941 bits per heavy atom. The van der Waals surface area contributed by atoms with E-state index in [0.29, 0.717) is 5.92 Å². The van der Waals surface area contributed by atoms with Crippen LogP contribution in [-0.2, 0) is 0 Å². The summed E-state index contributed by atoms with van der Waals surface area (Å²) < 4.78 is 0. The minimum Gasteiger partial charge on any atom is -0.330 e. The second-order valence-corrected chi connectivity index (χ2v) is 5.77. The van der Waals surface area contributed by atoms with Crippen molar-refractivity contribution in [2.75, 3.05) is 26.2 Å². The highest BCUT2D eigenvalue weighted by molar-refractivity contribution is 4.70. The number of nitrogens with two attached hydrogens (primary N) is 1. The standard InChI is InChI=1S/C15H34N2/c1-6-14(7-2)11-17(8-3)12-15(10-16)9-13(4)5/h13-15H,6-12,16H2,1-5H3. The van der Waals surface area contributed by atoms with E-state index in [2.05, 4.69) is 39.5 Å². The van der Waals surface area contributed by atoms with E-state index in [9.17, 15) is 0 Å². The lowest BCUT2D eigenvalue weighted by atomic mass is 9.95. The normalized spacial score (nSPS) is 13.9. The molecule has 17 heavy (non-hydrogen) atoms. The van der Waals surface area contributed by atoms with Crippen LogP contribution in [0.5, 0.6) is 0 Å².